The maximum absolute atomic E-state index is 13.5. The summed E-state index contributed by atoms with van der Waals surface area (Å²) in [7, 11) is 0. The summed E-state index contributed by atoms with van der Waals surface area (Å²) in [6.07, 6.45) is 3.12. The normalized spacial score (nSPS) is 16.4. The summed E-state index contributed by atoms with van der Waals surface area (Å²) >= 11 is 6.43. The molecule has 0 spiro atoms. The van der Waals surface area contributed by atoms with Crippen LogP contribution >= 0.6 is 11.6 Å². The molecule has 3 N–H and O–H groups in total. The summed E-state index contributed by atoms with van der Waals surface area (Å²) in [5, 5.41) is 14.3. The third-order valence-corrected chi connectivity index (χ3v) is 6.09. The van der Waals surface area contributed by atoms with Crippen molar-refractivity contribution in [3.8, 4) is 0 Å². The van der Waals surface area contributed by atoms with Crippen LogP contribution in [0.3, 0.4) is 0 Å². The van der Waals surface area contributed by atoms with Crippen LogP contribution in [0.4, 0.5) is 14.5 Å². The van der Waals surface area contributed by atoms with Gasteiger partial charge in [-0.25, -0.2) is 8.78 Å². The lowest BCUT2D eigenvalue weighted by Gasteiger charge is -2.19. The van der Waals surface area contributed by atoms with Gasteiger partial charge in [-0.1, -0.05) is 11.6 Å². The number of aromatic nitrogens is 1. The Hall–Kier alpha value is -2.78. The zero-order valence-electron chi connectivity index (χ0n) is 16.4. The van der Waals surface area contributed by atoms with E-state index in [-0.39, 0.29) is 28.6 Å². The standard InChI is InChI=1S/C21H20ClF2N3O4/c22-16-15(19(30)25-11-4-5-12(23)13(24)9-11)14-3-1-2-8-27(14)17(16)18(29)20(31)26-21(10-28)6-7-21/h4-5,9,28H,1-3,6-8,10H2,(H,25,30)(H,26,31). The van der Waals surface area contributed by atoms with E-state index in [1.807, 2.05) is 0 Å². The fourth-order valence-corrected chi connectivity index (χ4v) is 4.18. The number of carbonyl (C=O) groups is 3. The third-order valence-electron chi connectivity index (χ3n) is 5.72. The van der Waals surface area contributed by atoms with Gasteiger partial charge in [0.25, 0.3) is 17.6 Å². The maximum Gasteiger partial charge on any atom is 0.294 e. The number of halogens is 3. The predicted octanol–water partition coefficient (Wildman–Crippen LogP) is 2.83. The lowest BCUT2D eigenvalue weighted by Crippen LogP contribution is -2.43. The number of carbonyl (C=O) groups excluding carboxylic acids is 3. The number of fused-ring (bicyclic) bond motifs is 1. The Morgan fingerprint density at radius 3 is 2.55 bits per heavy atom. The number of amides is 2. The van der Waals surface area contributed by atoms with Crippen LogP contribution in [-0.4, -0.2) is 39.4 Å². The average molecular weight is 452 g/mol. The van der Waals surface area contributed by atoms with E-state index in [1.165, 1.54) is 6.07 Å². The zero-order valence-corrected chi connectivity index (χ0v) is 17.2. The SMILES string of the molecule is O=C(NC1(CO)CC1)C(=O)c1c(Cl)c(C(=O)Nc2ccc(F)c(F)c2)c2n1CCCC2. The minimum absolute atomic E-state index is 0.0277. The van der Waals surface area contributed by atoms with E-state index in [4.69, 9.17) is 11.6 Å². The average Bonchev–Trinajstić information content (AvgIpc) is 3.45. The number of rotatable bonds is 6. The molecule has 1 aliphatic carbocycles. The van der Waals surface area contributed by atoms with Crippen molar-refractivity contribution >= 4 is 34.9 Å². The molecule has 1 aromatic carbocycles. The Morgan fingerprint density at radius 1 is 1.16 bits per heavy atom. The fraction of sp³-hybridized carbons (Fsp3) is 0.381. The molecule has 31 heavy (non-hydrogen) atoms. The van der Waals surface area contributed by atoms with Crippen LogP contribution < -0.4 is 10.6 Å². The van der Waals surface area contributed by atoms with Crippen LogP contribution in [0.1, 0.15) is 52.2 Å². The molecule has 0 atom stereocenters. The number of hydrogen-bond acceptors (Lipinski definition) is 4. The molecule has 1 saturated carbocycles. The van der Waals surface area contributed by atoms with Gasteiger partial charge in [-0.3, -0.25) is 14.4 Å². The fourth-order valence-electron chi connectivity index (χ4n) is 3.80. The van der Waals surface area contributed by atoms with Crippen molar-refractivity contribution in [1.82, 2.24) is 9.88 Å². The number of aliphatic hydroxyl groups is 1. The zero-order chi connectivity index (χ0) is 22.3. The van der Waals surface area contributed by atoms with Crippen molar-refractivity contribution in [2.75, 3.05) is 11.9 Å². The second-order valence-electron chi connectivity index (χ2n) is 7.90. The molecule has 0 bridgehead atoms. The van der Waals surface area contributed by atoms with Gasteiger partial charge in [0, 0.05) is 24.0 Å². The van der Waals surface area contributed by atoms with Gasteiger partial charge in [0.15, 0.2) is 11.6 Å². The third kappa shape index (κ3) is 3.95. The predicted molar refractivity (Wildman–Crippen MR) is 108 cm³/mol. The van der Waals surface area contributed by atoms with Crippen LogP contribution in [-0.2, 0) is 17.8 Å². The molecule has 7 nitrogen and oxygen atoms in total. The molecule has 2 aliphatic rings. The topological polar surface area (TPSA) is 100 Å². The quantitative estimate of drug-likeness (QED) is 0.464. The molecule has 4 rings (SSSR count). The van der Waals surface area contributed by atoms with Crippen molar-refractivity contribution in [3.63, 3.8) is 0 Å². The molecule has 1 aromatic heterocycles. The van der Waals surface area contributed by atoms with Gasteiger partial charge in [0.1, 0.15) is 5.69 Å². The minimum Gasteiger partial charge on any atom is -0.394 e. The number of benzene rings is 1. The highest BCUT2D eigenvalue weighted by Gasteiger charge is 2.45. The second-order valence-corrected chi connectivity index (χ2v) is 8.28. The summed E-state index contributed by atoms with van der Waals surface area (Å²) in [4.78, 5) is 38.4. The highest BCUT2D eigenvalue weighted by Crippen LogP contribution is 2.36. The Labute approximate surface area is 181 Å². The van der Waals surface area contributed by atoms with E-state index in [0.29, 0.717) is 31.5 Å². The molecule has 0 radical (unpaired) electrons. The highest BCUT2D eigenvalue weighted by atomic mass is 35.5. The van der Waals surface area contributed by atoms with E-state index < -0.39 is 34.8 Å². The smallest absolute Gasteiger partial charge is 0.294 e. The highest BCUT2D eigenvalue weighted by molar-refractivity contribution is 6.48. The van der Waals surface area contributed by atoms with E-state index >= 15 is 0 Å². The van der Waals surface area contributed by atoms with E-state index in [2.05, 4.69) is 10.6 Å². The number of nitrogens with zero attached hydrogens (tertiary/aromatic N) is 1. The van der Waals surface area contributed by atoms with Gasteiger partial charge < -0.3 is 20.3 Å². The first-order valence-corrected chi connectivity index (χ1v) is 10.3. The monoisotopic (exact) mass is 451 g/mol. The number of Topliss-reactive ketones (excluding diaryl/α,β-unsaturated/α-hetero) is 1. The molecular weight excluding hydrogens is 432 g/mol. The summed E-state index contributed by atoms with van der Waals surface area (Å²) in [5.41, 5.74) is -0.289. The minimum atomic E-state index is -1.12. The van der Waals surface area contributed by atoms with E-state index in [0.717, 1.165) is 25.0 Å². The van der Waals surface area contributed by atoms with Gasteiger partial charge in [-0.2, -0.15) is 0 Å². The lowest BCUT2D eigenvalue weighted by atomic mass is 10.1. The van der Waals surface area contributed by atoms with Crippen LogP contribution in [0.5, 0.6) is 0 Å². The summed E-state index contributed by atoms with van der Waals surface area (Å²) in [6, 6.07) is 2.93. The molecule has 0 saturated heterocycles. The van der Waals surface area contributed by atoms with Gasteiger partial charge >= 0.3 is 0 Å². The van der Waals surface area contributed by atoms with Crippen molar-refractivity contribution in [2.45, 2.75) is 44.2 Å². The molecule has 164 valence electrons. The number of aliphatic hydroxyl groups excluding tert-OH is 1. The Balaban J connectivity index is 1.66. The van der Waals surface area contributed by atoms with Crippen LogP contribution in [0, 0.1) is 11.6 Å². The van der Waals surface area contributed by atoms with Crippen LogP contribution in [0.25, 0.3) is 0 Å². The number of hydrogen-bond donors (Lipinski definition) is 3. The first kappa shape index (κ1) is 21.5. The van der Waals surface area contributed by atoms with Gasteiger partial charge in [0.05, 0.1) is 22.7 Å². The number of nitrogens with one attached hydrogen (secondary N) is 2. The number of ketones is 1. The van der Waals surface area contributed by atoms with Crippen molar-refractivity contribution in [1.29, 1.82) is 0 Å². The van der Waals surface area contributed by atoms with E-state index in [1.54, 1.807) is 4.57 Å². The Kier molecular flexibility index (Phi) is 5.57. The molecule has 2 aromatic rings. The largest absolute Gasteiger partial charge is 0.394 e. The molecular formula is C21H20ClF2N3O4. The molecule has 1 aliphatic heterocycles. The summed E-state index contributed by atoms with van der Waals surface area (Å²) < 4.78 is 28.2. The molecule has 0 unspecified atom stereocenters. The molecule has 10 heteroatoms. The summed E-state index contributed by atoms with van der Waals surface area (Å²) in [6.45, 7) is 0.140. The Bertz CT molecular complexity index is 1090. The molecule has 2 heterocycles. The van der Waals surface area contributed by atoms with Gasteiger partial charge in [0.2, 0.25) is 0 Å². The molecule has 1 fully saturated rings. The molecule has 2 amide bonds. The van der Waals surface area contributed by atoms with E-state index in [9.17, 15) is 28.3 Å². The number of anilines is 1. The van der Waals surface area contributed by atoms with Crippen molar-refractivity contribution in [2.24, 2.45) is 0 Å². The first-order valence-electron chi connectivity index (χ1n) is 9.91. The first-order chi connectivity index (χ1) is 14.8. The van der Waals surface area contributed by atoms with Crippen molar-refractivity contribution in [3.05, 3.63) is 51.8 Å². The van der Waals surface area contributed by atoms with Gasteiger partial charge in [-0.05, 0) is 44.2 Å². The van der Waals surface area contributed by atoms with Crippen molar-refractivity contribution < 1.29 is 28.3 Å². The van der Waals surface area contributed by atoms with Crippen LogP contribution in [0.2, 0.25) is 5.02 Å². The lowest BCUT2D eigenvalue weighted by molar-refractivity contribution is -0.118. The van der Waals surface area contributed by atoms with Crippen LogP contribution in [0.15, 0.2) is 18.2 Å². The summed E-state index contributed by atoms with van der Waals surface area (Å²) in [5.74, 6) is -4.64. The second kappa shape index (κ2) is 8.05. The maximum atomic E-state index is 13.5. The Morgan fingerprint density at radius 2 is 1.90 bits per heavy atom. The van der Waals surface area contributed by atoms with Gasteiger partial charge in [-0.15, -0.1) is 0 Å².